The molecule has 1 aromatic heterocycles. The van der Waals surface area contributed by atoms with Crippen molar-refractivity contribution in [3.63, 3.8) is 0 Å². The summed E-state index contributed by atoms with van der Waals surface area (Å²) in [5.74, 6) is 1.31. The molecule has 1 aliphatic rings. The van der Waals surface area contributed by atoms with Gasteiger partial charge in [-0.15, -0.1) is 0 Å². The number of rotatable bonds is 3. The van der Waals surface area contributed by atoms with Crippen molar-refractivity contribution in [2.45, 2.75) is 20.0 Å². The van der Waals surface area contributed by atoms with Gasteiger partial charge < -0.3 is 20.2 Å². The quantitative estimate of drug-likeness (QED) is 0.703. The minimum atomic E-state index is -0.373. The van der Waals surface area contributed by atoms with Crippen LogP contribution in [0.5, 0.6) is 0 Å². The third kappa shape index (κ3) is 2.68. The first-order valence-corrected chi connectivity index (χ1v) is 5.82. The van der Waals surface area contributed by atoms with Crippen molar-refractivity contribution < 1.29 is 14.3 Å². The van der Waals surface area contributed by atoms with Gasteiger partial charge in [-0.3, -0.25) is 4.79 Å². The topological polar surface area (TPSA) is 74.5 Å². The monoisotopic (exact) mass is 238 g/mol. The Kier molecular flexibility index (Phi) is 3.49. The summed E-state index contributed by atoms with van der Waals surface area (Å²) in [6.07, 6.45) is -0.373. The van der Waals surface area contributed by atoms with Crippen LogP contribution < -0.4 is 10.6 Å². The van der Waals surface area contributed by atoms with Gasteiger partial charge in [-0.25, -0.2) is 0 Å². The second-order valence-corrected chi connectivity index (χ2v) is 4.52. The minimum absolute atomic E-state index is 0.0901. The second kappa shape index (κ2) is 4.89. The van der Waals surface area contributed by atoms with Gasteiger partial charge in [0.05, 0.1) is 11.7 Å². The molecule has 17 heavy (non-hydrogen) atoms. The smallest absolute Gasteiger partial charge is 0.254 e. The molecule has 1 saturated heterocycles. The molecule has 2 heterocycles. The number of carbonyl (C=O) groups is 1. The summed E-state index contributed by atoms with van der Waals surface area (Å²) in [6.45, 7) is 5.41. The number of hydrogen-bond acceptors (Lipinski definition) is 4. The van der Waals surface area contributed by atoms with E-state index in [4.69, 9.17) is 4.42 Å². The van der Waals surface area contributed by atoms with E-state index in [1.807, 2.05) is 6.92 Å². The maximum atomic E-state index is 11.9. The molecule has 2 unspecified atom stereocenters. The van der Waals surface area contributed by atoms with Crippen molar-refractivity contribution in [1.29, 1.82) is 0 Å². The summed E-state index contributed by atoms with van der Waals surface area (Å²) >= 11 is 0. The van der Waals surface area contributed by atoms with Crippen LogP contribution in [0.25, 0.3) is 0 Å². The molecule has 5 heteroatoms. The van der Waals surface area contributed by atoms with Crippen LogP contribution in [0.3, 0.4) is 0 Å². The Balaban J connectivity index is 1.91. The summed E-state index contributed by atoms with van der Waals surface area (Å²) < 4.78 is 5.31. The van der Waals surface area contributed by atoms with Gasteiger partial charge >= 0.3 is 0 Å². The Labute approximate surface area is 100 Å². The fourth-order valence-electron chi connectivity index (χ4n) is 2.10. The predicted octanol–water partition coefficient (Wildman–Crippen LogP) is 0.207. The molecule has 1 aromatic rings. The first-order valence-electron chi connectivity index (χ1n) is 5.82. The summed E-state index contributed by atoms with van der Waals surface area (Å²) in [7, 11) is 0. The second-order valence-electron chi connectivity index (χ2n) is 4.52. The van der Waals surface area contributed by atoms with Crippen molar-refractivity contribution in [3.05, 3.63) is 23.2 Å². The number of β-amino-alcohol motifs (C(OH)–C–C–N with tert-alkyl or cyclic N) is 1. The number of aryl methyl sites for hydroxylation is 2. The normalized spacial score (nSPS) is 23.9. The third-order valence-electron chi connectivity index (χ3n) is 3.11. The number of amides is 1. The van der Waals surface area contributed by atoms with Gasteiger partial charge in [0.15, 0.2) is 0 Å². The molecule has 2 atom stereocenters. The van der Waals surface area contributed by atoms with E-state index in [9.17, 15) is 9.90 Å². The molecule has 94 valence electrons. The molecule has 0 saturated carbocycles. The number of aliphatic hydroxyl groups is 1. The number of carbonyl (C=O) groups excluding carboxylic acids is 1. The average Bonchev–Trinajstić information content (AvgIpc) is 2.81. The first kappa shape index (κ1) is 12.1. The van der Waals surface area contributed by atoms with Crippen LogP contribution in [-0.4, -0.2) is 36.8 Å². The average molecular weight is 238 g/mol. The lowest BCUT2D eigenvalue weighted by atomic mass is 10.1. The van der Waals surface area contributed by atoms with Gasteiger partial charge in [0.25, 0.3) is 5.91 Å². The van der Waals surface area contributed by atoms with E-state index in [-0.39, 0.29) is 17.9 Å². The van der Waals surface area contributed by atoms with Crippen LogP contribution in [0.1, 0.15) is 21.9 Å². The van der Waals surface area contributed by atoms with Crippen LogP contribution in [0, 0.1) is 19.8 Å². The van der Waals surface area contributed by atoms with E-state index in [2.05, 4.69) is 10.6 Å². The Morgan fingerprint density at radius 1 is 1.59 bits per heavy atom. The van der Waals surface area contributed by atoms with Crippen molar-refractivity contribution in [2.75, 3.05) is 19.6 Å². The number of furan rings is 1. The maximum absolute atomic E-state index is 11.9. The van der Waals surface area contributed by atoms with Crippen LogP contribution in [-0.2, 0) is 0 Å². The van der Waals surface area contributed by atoms with E-state index in [1.54, 1.807) is 13.0 Å². The van der Waals surface area contributed by atoms with Crippen LogP contribution in [0.15, 0.2) is 10.5 Å². The molecule has 2 rings (SSSR count). The van der Waals surface area contributed by atoms with Crippen molar-refractivity contribution in [1.82, 2.24) is 10.6 Å². The Morgan fingerprint density at radius 3 is 2.88 bits per heavy atom. The molecule has 1 amide bonds. The highest BCUT2D eigenvalue weighted by atomic mass is 16.3. The molecule has 1 fully saturated rings. The van der Waals surface area contributed by atoms with Gasteiger partial charge in [-0.1, -0.05) is 0 Å². The zero-order valence-electron chi connectivity index (χ0n) is 10.1. The highest BCUT2D eigenvalue weighted by molar-refractivity contribution is 5.95. The molecule has 3 N–H and O–H groups in total. The SMILES string of the molecule is Cc1cc(C(=O)NCC2CNCC2O)c(C)o1. The van der Waals surface area contributed by atoms with Crippen molar-refractivity contribution in [3.8, 4) is 0 Å². The summed E-state index contributed by atoms with van der Waals surface area (Å²) in [5.41, 5.74) is 0.572. The lowest BCUT2D eigenvalue weighted by Crippen LogP contribution is -2.34. The lowest BCUT2D eigenvalue weighted by molar-refractivity contribution is 0.0925. The molecule has 0 bridgehead atoms. The molecule has 5 nitrogen and oxygen atoms in total. The number of aliphatic hydroxyl groups excluding tert-OH is 1. The van der Waals surface area contributed by atoms with Crippen molar-refractivity contribution in [2.24, 2.45) is 5.92 Å². The molecule has 0 aromatic carbocycles. The highest BCUT2D eigenvalue weighted by Gasteiger charge is 2.25. The van der Waals surface area contributed by atoms with E-state index in [1.165, 1.54) is 0 Å². The molecular weight excluding hydrogens is 220 g/mol. The van der Waals surface area contributed by atoms with Crippen LogP contribution in [0.2, 0.25) is 0 Å². The standard InChI is InChI=1S/C12H18N2O3/c1-7-3-10(8(2)17-7)12(16)14-5-9-4-13-6-11(9)15/h3,9,11,13,15H,4-6H2,1-2H3,(H,14,16). The predicted molar refractivity (Wildman–Crippen MR) is 62.9 cm³/mol. The van der Waals surface area contributed by atoms with Gasteiger partial charge in [-0.2, -0.15) is 0 Å². The highest BCUT2D eigenvalue weighted by Crippen LogP contribution is 2.14. The molecule has 0 aliphatic carbocycles. The van der Waals surface area contributed by atoms with Gasteiger partial charge in [0.2, 0.25) is 0 Å². The lowest BCUT2D eigenvalue weighted by Gasteiger charge is -2.13. The minimum Gasteiger partial charge on any atom is -0.466 e. The summed E-state index contributed by atoms with van der Waals surface area (Å²) in [5, 5.41) is 15.5. The Bertz CT molecular complexity index is 414. The van der Waals surface area contributed by atoms with E-state index in [0.29, 0.717) is 24.4 Å². The van der Waals surface area contributed by atoms with Crippen molar-refractivity contribution >= 4 is 5.91 Å². The van der Waals surface area contributed by atoms with Gasteiger partial charge in [-0.05, 0) is 19.9 Å². The molecular formula is C12H18N2O3. The zero-order valence-corrected chi connectivity index (χ0v) is 10.1. The maximum Gasteiger partial charge on any atom is 0.254 e. The fraction of sp³-hybridized carbons (Fsp3) is 0.583. The van der Waals surface area contributed by atoms with Crippen LogP contribution >= 0.6 is 0 Å². The molecule has 1 aliphatic heterocycles. The summed E-state index contributed by atoms with van der Waals surface area (Å²) in [4.78, 5) is 11.9. The van der Waals surface area contributed by atoms with E-state index in [0.717, 1.165) is 12.3 Å². The molecule has 0 radical (unpaired) electrons. The van der Waals surface area contributed by atoms with E-state index >= 15 is 0 Å². The number of hydrogen-bond donors (Lipinski definition) is 3. The zero-order chi connectivity index (χ0) is 12.4. The number of nitrogens with one attached hydrogen (secondary N) is 2. The van der Waals surface area contributed by atoms with Gasteiger partial charge in [0, 0.05) is 25.6 Å². The van der Waals surface area contributed by atoms with Gasteiger partial charge in [0.1, 0.15) is 11.5 Å². The summed E-state index contributed by atoms with van der Waals surface area (Å²) in [6, 6.07) is 1.73. The first-order chi connectivity index (χ1) is 8.08. The molecule has 0 spiro atoms. The van der Waals surface area contributed by atoms with E-state index < -0.39 is 0 Å². The largest absolute Gasteiger partial charge is 0.466 e. The third-order valence-corrected chi connectivity index (χ3v) is 3.11. The van der Waals surface area contributed by atoms with Crippen LogP contribution in [0.4, 0.5) is 0 Å². The fourth-order valence-corrected chi connectivity index (χ4v) is 2.10. The Morgan fingerprint density at radius 2 is 2.35 bits per heavy atom. The Hall–Kier alpha value is -1.33.